The number of nitro benzene ring substituents is 2. The smallest absolute Gasteiger partial charge is 0.326 e. The predicted molar refractivity (Wildman–Crippen MR) is 110 cm³/mol. The first-order valence-electron chi connectivity index (χ1n) is 9.00. The quantitative estimate of drug-likeness (QED) is 0.296. The number of fused-ring (bicyclic) bond motifs is 1. The molecule has 0 saturated carbocycles. The molecule has 0 fully saturated rings. The number of benzene rings is 2. The number of hydrogen-bond donors (Lipinski definition) is 4. The van der Waals surface area contributed by atoms with Crippen LogP contribution in [0.15, 0.2) is 48.7 Å². The number of carboxylic acid groups (broad SMARTS) is 1. The fourth-order valence-corrected chi connectivity index (χ4v) is 3.08. The van der Waals surface area contributed by atoms with Crippen LogP contribution >= 0.6 is 0 Å². The van der Waals surface area contributed by atoms with Gasteiger partial charge in [-0.05, 0) is 17.7 Å². The summed E-state index contributed by atoms with van der Waals surface area (Å²) in [6, 6.07) is 9.05. The van der Waals surface area contributed by atoms with E-state index in [1.807, 2.05) is 24.3 Å². The molecule has 0 radical (unpaired) electrons. The maximum Gasteiger partial charge on any atom is 0.326 e. The molecule has 0 unspecified atom stereocenters. The first kappa shape index (κ1) is 21.2. The van der Waals surface area contributed by atoms with Crippen LogP contribution in [0.25, 0.3) is 10.9 Å². The number of nitrogens with one attached hydrogen (secondary N) is 3. The van der Waals surface area contributed by atoms with E-state index in [-0.39, 0.29) is 12.1 Å². The Hall–Kier alpha value is -4.48. The molecular formula is C19H17N5O7. The average molecular weight is 427 g/mol. The number of amides is 1. The number of nitro groups is 2. The van der Waals surface area contributed by atoms with Crippen LogP contribution < -0.4 is 10.6 Å². The lowest BCUT2D eigenvalue weighted by molar-refractivity contribution is -0.393. The van der Waals surface area contributed by atoms with E-state index in [1.54, 1.807) is 6.20 Å². The van der Waals surface area contributed by atoms with Crippen molar-refractivity contribution in [3.63, 3.8) is 0 Å². The molecule has 3 aromatic rings. The zero-order valence-electron chi connectivity index (χ0n) is 15.9. The Balaban J connectivity index is 1.68. The molecule has 0 aliphatic carbocycles. The molecule has 3 rings (SSSR count). The number of anilines is 1. The van der Waals surface area contributed by atoms with Crippen LogP contribution in [-0.2, 0) is 16.0 Å². The van der Waals surface area contributed by atoms with Gasteiger partial charge < -0.3 is 20.7 Å². The van der Waals surface area contributed by atoms with E-state index >= 15 is 0 Å². The maximum absolute atomic E-state index is 12.3. The zero-order chi connectivity index (χ0) is 22.5. The van der Waals surface area contributed by atoms with Gasteiger partial charge in [-0.2, -0.15) is 0 Å². The number of aromatic amines is 1. The second-order valence-corrected chi connectivity index (χ2v) is 6.59. The molecule has 1 aromatic heterocycles. The van der Waals surface area contributed by atoms with Crippen molar-refractivity contribution in [1.82, 2.24) is 10.3 Å². The molecule has 0 saturated heterocycles. The van der Waals surface area contributed by atoms with E-state index in [1.165, 1.54) is 0 Å². The zero-order valence-corrected chi connectivity index (χ0v) is 15.9. The number of hydrogen-bond acceptors (Lipinski definition) is 7. The third kappa shape index (κ3) is 4.93. The Labute approximate surface area is 174 Å². The van der Waals surface area contributed by atoms with Crippen molar-refractivity contribution in [3.8, 4) is 0 Å². The molecule has 1 heterocycles. The Morgan fingerprint density at radius 2 is 1.84 bits per heavy atom. The van der Waals surface area contributed by atoms with E-state index in [2.05, 4.69) is 15.6 Å². The van der Waals surface area contributed by atoms with Gasteiger partial charge in [0.2, 0.25) is 5.91 Å². The Bertz CT molecular complexity index is 1170. The summed E-state index contributed by atoms with van der Waals surface area (Å²) in [5.74, 6) is -1.94. The van der Waals surface area contributed by atoms with Crippen LogP contribution in [0.3, 0.4) is 0 Å². The number of para-hydroxylation sites is 1. The van der Waals surface area contributed by atoms with Crippen LogP contribution in [-0.4, -0.2) is 44.4 Å². The van der Waals surface area contributed by atoms with Gasteiger partial charge in [-0.3, -0.25) is 25.0 Å². The summed E-state index contributed by atoms with van der Waals surface area (Å²) in [6.45, 7) is -0.462. The SMILES string of the molecule is O=C(CNc1ccc([N+](=O)[O-])cc1[N+](=O)[O-])N[C@@H](Cc1c[nH]c2ccccc12)C(=O)O. The van der Waals surface area contributed by atoms with Crippen molar-refractivity contribution in [2.24, 2.45) is 0 Å². The van der Waals surface area contributed by atoms with Crippen molar-refractivity contribution in [1.29, 1.82) is 0 Å². The predicted octanol–water partition coefficient (Wildman–Crippen LogP) is 2.21. The first-order chi connectivity index (χ1) is 14.8. The summed E-state index contributed by atoms with van der Waals surface area (Å²) in [4.78, 5) is 47.3. The number of nitrogens with zero attached hydrogens (tertiary/aromatic N) is 2. The van der Waals surface area contributed by atoms with Crippen LogP contribution in [0.2, 0.25) is 0 Å². The molecular weight excluding hydrogens is 410 g/mol. The van der Waals surface area contributed by atoms with Gasteiger partial charge in [0.1, 0.15) is 11.7 Å². The lowest BCUT2D eigenvalue weighted by Gasteiger charge is -2.15. The molecule has 0 bridgehead atoms. The van der Waals surface area contributed by atoms with Crippen LogP contribution in [0, 0.1) is 20.2 Å². The van der Waals surface area contributed by atoms with Gasteiger partial charge in [-0.1, -0.05) is 18.2 Å². The second kappa shape index (κ2) is 8.90. The van der Waals surface area contributed by atoms with Crippen molar-refractivity contribution < 1.29 is 24.5 Å². The fourth-order valence-electron chi connectivity index (χ4n) is 3.08. The van der Waals surface area contributed by atoms with Crippen molar-refractivity contribution in [2.45, 2.75) is 12.5 Å². The molecule has 0 spiro atoms. The van der Waals surface area contributed by atoms with Crippen molar-refractivity contribution in [3.05, 3.63) is 74.5 Å². The van der Waals surface area contributed by atoms with Gasteiger partial charge >= 0.3 is 5.97 Å². The lowest BCUT2D eigenvalue weighted by atomic mass is 10.0. The van der Waals surface area contributed by atoms with Gasteiger partial charge in [0.15, 0.2) is 0 Å². The Kier molecular flexibility index (Phi) is 6.10. The minimum Gasteiger partial charge on any atom is -0.480 e. The molecule has 1 atom stereocenters. The van der Waals surface area contributed by atoms with Crippen molar-refractivity contribution >= 4 is 39.8 Å². The molecule has 2 aromatic carbocycles. The normalized spacial score (nSPS) is 11.6. The minimum absolute atomic E-state index is 0.0305. The molecule has 12 heteroatoms. The highest BCUT2D eigenvalue weighted by molar-refractivity contribution is 5.88. The summed E-state index contributed by atoms with van der Waals surface area (Å²) in [7, 11) is 0. The molecule has 1 amide bonds. The molecule has 0 aliphatic heterocycles. The second-order valence-electron chi connectivity index (χ2n) is 6.59. The maximum atomic E-state index is 12.3. The van der Waals surface area contributed by atoms with Crippen LogP contribution in [0.5, 0.6) is 0 Å². The minimum atomic E-state index is -1.24. The monoisotopic (exact) mass is 427 g/mol. The average Bonchev–Trinajstić information content (AvgIpc) is 3.14. The highest BCUT2D eigenvalue weighted by Crippen LogP contribution is 2.28. The van der Waals surface area contributed by atoms with Gasteiger partial charge in [0, 0.05) is 29.6 Å². The number of carboxylic acids is 1. The topological polar surface area (TPSA) is 180 Å². The standard InChI is InChI=1S/C19H17N5O7/c25-18(10-21-15-6-5-12(23(28)29)8-17(15)24(30)31)22-16(19(26)27)7-11-9-20-14-4-2-1-3-13(11)14/h1-6,8-9,16,20-21H,7,10H2,(H,22,25)(H,26,27)/t16-/m0/s1. The highest BCUT2D eigenvalue weighted by Gasteiger charge is 2.23. The third-order valence-corrected chi connectivity index (χ3v) is 4.56. The summed E-state index contributed by atoms with van der Waals surface area (Å²) >= 11 is 0. The lowest BCUT2D eigenvalue weighted by Crippen LogP contribution is -2.44. The molecule has 160 valence electrons. The van der Waals surface area contributed by atoms with Gasteiger partial charge in [-0.15, -0.1) is 0 Å². The number of carbonyl (C=O) groups is 2. The number of non-ortho nitro benzene ring substituents is 1. The summed E-state index contributed by atoms with van der Waals surface area (Å²) in [6.07, 6.45) is 1.70. The summed E-state index contributed by atoms with van der Waals surface area (Å²) in [5, 5.41) is 37.2. The summed E-state index contributed by atoms with van der Waals surface area (Å²) < 4.78 is 0. The molecule has 12 nitrogen and oxygen atoms in total. The highest BCUT2D eigenvalue weighted by atomic mass is 16.6. The molecule has 4 N–H and O–H groups in total. The van der Waals surface area contributed by atoms with Gasteiger partial charge in [0.25, 0.3) is 11.4 Å². The van der Waals surface area contributed by atoms with E-state index in [4.69, 9.17) is 0 Å². The summed E-state index contributed by atoms with van der Waals surface area (Å²) in [5.41, 5.74) is 0.401. The van der Waals surface area contributed by atoms with Crippen molar-refractivity contribution in [2.75, 3.05) is 11.9 Å². The van der Waals surface area contributed by atoms with E-state index in [9.17, 15) is 34.9 Å². The third-order valence-electron chi connectivity index (χ3n) is 4.56. The Morgan fingerprint density at radius 1 is 1.10 bits per heavy atom. The number of aromatic nitrogens is 1. The van der Waals surface area contributed by atoms with Gasteiger partial charge in [-0.25, -0.2) is 4.79 Å². The number of aliphatic carboxylic acids is 1. The van der Waals surface area contributed by atoms with E-state index in [0.29, 0.717) is 5.56 Å². The van der Waals surface area contributed by atoms with Crippen LogP contribution in [0.1, 0.15) is 5.56 Å². The number of carbonyl (C=O) groups excluding carboxylic acids is 1. The number of H-pyrrole nitrogens is 1. The Morgan fingerprint density at radius 3 is 2.52 bits per heavy atom. The molecule has 0 aliphatic rings. The largest absolute Gasteiger partial charge is 0.480 e. The van der Waals surface area contributed by atoms with E-state index < -0.39 is 45.7 Å². The number of rotatable bonds is 9. The van der Waals surface area contributed by atoms with Crippen LogP contribution in [0.4, 0.5) is 17.1 Å². The fraction of sp³-hybridized carbons (Fsp3) is 0.158. The van der Waals surface area contributed by atoms with E-state index in [0.717, 1.165) is 29.1 Å². The van der Waals surface area contributed by atoms with Gasteiger partial charge in [0.05, 0.1) is 22.5 Å². The molecule has 31 heavy (non-hydrogen) atoms. The first-order valence-corrected chi connectivity index (χ1v) is 9.00.